The minimum absolute atomic E-state index is 0.0486. The molecule has 160 valence electrons. The molecule has 1 amide bonds. The van der Waals surface area contributed by atoms with Crippen LogP contribution in [0.1, 0.15) is 41.6 Å². The Morgan fingerprint density at radius 2 is 1.77 bits per heavy atom. The van der Waals surface area contributed by atoms with Gasteiger partial charge in [0, 0.05) is 22.2 Å². The molecule has 0 spiro atoms. The quantitative estimate of drug-likeness (QED) is 0.499. The molecule has 0 heterocycles. The second-order valence-corrected chi connectivity index (χ2v) is 7.57. The van der Waals surface area contributed by atoms with Gasteiger partial charge in [0.25, 0.3) is 5.91 Å². The Balaban J connectivity index is 1.77. The summed E-state index contributed by atoms with van der Waals surface area (Å²) in [5.41, 5.74) is 0.194. The predicted octanol–water partition coefficient (Wildman–Crippen LogP) is 3.94. The van der Waals surface area contributed by atoms with Crippen LogP contribution in [0.25, 0.3) is 0 Å². The number of halogens is 4. The number of hydrogen-bond donors (Lipinski definition) is 3. The first kappa shape index (κ1) is 22.1. The fraction of sp³-hybridized carbons (Fsp3) is 0.333. The summed E-state index contributed by atoms with van der Waals surface area (Å²) in [7, 11) is 0. The number of nitrogens with zero attached hydrogens (tertiary/aromatic N) is 1. The van der Waals surface area contributed by atoms with Crippen molar-refractivity contribution in [2.75, 3.05) is 0 Å². The van der Waals surface area contributed by atoms with Crippen molar-refractivity contribution in [1.82, 2.24) is 10.6 Å². The molecule has 0 atom stereocenters. The number of hydrogen-bond acceptors (Lipinski definition) is 3. The van der Waals surface area contributed by atoms with E-state index in [0.717, 1.165) is 18.2 Å². The van der Waals surface area contributed by atoms with Crippen molar-refractivity contribution in [1.29, 1.82) is 0 Å². The molecule has 0 saturated heterocycles. The van der Waals surface area contributed by atoms with Crippen LogP contribution in [0.2, 0.25) is 5.02 Å². The lowest BCUT2D eigenvalue weighted by Crippen LogP contribution is -2.47. The number of aliphatic hydroxyl groups is 1. The number of amides is 1. The zero-order valence-corrected chi connectivity index (χ0v) is 16.7. The average molecular weight is 440 g/mol. The maximum atomic E-state index is 14.0. The first-order chi connectivity index (χ1) is 14.3. The van der Waals surface area contributed by atoms with Gasteiger partial charge in [0.2, 0.25) is 0 Å². The molecule has 0 radical (unpaired) electrons. The van der Waals surface area contributed by atoms with E-state index in [9.17, 15) is 23.1 Å². The highest BCUT2D eigenvalue weighted by Gasteiger charge is 2.21. The Morgan fingerprint density at radius 3 is 2.43 bits per heavy atom. The Morgan fingerprint density at radius 1 is 1.03 bits per heavy atom. The highest BCUT2D eigenvalue weighted by Crippen LogP contribution is 2.19. The lowest BCUT2D eigenvalue weighted by atomic mass is 9.93. The normalized spacial score (nSPS) is 19.4. The van der Waals surface area contributed by atoms with Gasteiger partial charge in [-0.15, -0.1) is 0 Å². The van der Waals surface area contributed by atoms with Gasteiger partial charge in [0.15, 0.2) is 17.6 Å². The van der Waals surface area contributed by atoms with Gasteiger partial charge in [0.05, 0.1) is 12.6 Å². The number of benzene rings is 2. The van der Waals surface area contributed by atoms with Gasteiger partial charge < -0.3 is 10.4 Å². The maximum Gasteiger partial charge on any atom is 0.258 e. The molecule has 0 aliphatic heterocycles. The molecule has 1 saturated carbocycles. The van der Waals surface area contributed by atoms with Gasteiger partial charge in [-0.2, -0.15) is 0 Å². The summed E-state index contributed by atoms with van der Waals surface area (Å²) in [5.74, 6) is -3.33. The van der Waals surface area contributed by atoms with Crippen molar-refractivity contribution in [3.05, 3.63) is 70.0 Å². The molecule has 3 rings (SSSR count). The minimum atomic E-state index is -1.14. The van der Waals surface area contributed by atoms with E-state index < -0.39 is 23.4 Å². The molecule has 3 N–H and O–H groups in total. The minimum Gasteiger partial charge on any atom is -0.393 e. The van der Waals surface area contributed by atoms with Gasteiger partial charge in [-0.3, -0.25) is 10.1 Å². The van der Waals surface area contributed by atoms with Crippen molar-refractivity contribution in [2.45, 2.75) is 44.4 Å². The van der Waals surface area contributed by atoms with Gasteiger partial charge in [-0.25, -0.2) is 18.2 Å². The smallest absolute Gasteiger partial charge is 0.258 e. The Kier molecular flexibility index (Phi) is 7.33. The number of rotatable bonds is 4. The van der Waals surface area contributed by atoms with Gasteiger partial charge >= 0.3 is 0 Å². The largest absolute Gasteiger partial charge is 0.393 e. The third-order valence-electron chi connectivity index (χ3n) is 4.87. The molecule has 1 fully saturated rings. The highest BCUT2D eigenvalue weighted by atomic mass is 35.5. The highest BCUT2D eigenvalue weighted by molar-refractivity contribution is 6.30. The van der Waals surface area contributed by atoms with Crippen molar-refractivity contribution < 1.29 is 23.1 Å². The Hall–Kier alpha value is -2.58. The fourth-order valence-corrected chi connectivity index (χ4v) is 3.32. The second-order valence-electron chi connectivity index (χ2n) is 7.13. The molecular weight excluding hydrogens is 419 g/mol. The predicted molar refractivity (Wildman–Crippen MR) is 108 cm³/mol. The van der Waals surface area contributed by atoms with E-state index in [2.05, 4.69) is 15.6 Å². The zero-order chi connectivity index (χ0) is 21.7. The van der Waals surface area contributed by atoms with Crippen LogP contribution in [0.15, 0.2) is 41.4 Å². The first-order valence-electron chi connectivity index (χ1n) is 9.51. The van der Waals surface area contributed by atoms with Crippen LogP contribution in [0.5, 0.6) is 0 Å². The van der Waals surface area contributed by atoms with Crippen LogP contribution in [-0.2, 0) is 6.54 Å². The van der Waals surface area contributed by atoms with E-state index in [4.69, 9.17) is 11.6 Å². The van der Waals surface area contributed by atoms with Crippen LogP contribution in [0.4, 0.5) is 13.2 Å². The molecular formula is C21H21ClF3N3O2. The fourth-order valence-electron chi connectivity index (χ4n) is 3.17. The number of carbonyl (C=O) groups excluding carboxylic acids is 1. The van der Waals surface area contributed by atoms with Gasteiger partial charge in [-0.05, 0) is 56.0 Å². The molecule has 0 aromatic heterocycles. The number of nitrogens with one attached hydrogen (secondary N) is 2. The van der Waals surface area contributed by atoms with E-state index in [0.29, 0.717) is 25.7 Å². The van der Waals surface area contributed by atoms with E-state index in [1.54, 1.807) is 0 Å². The summed E-state index contributed by atoms with van der Waals surface area (Å²) < 4.78 is 40.6. The molecule has 9 heteroatoms. The molecule has 2 aromatic rings. The van der Waals surface area contributed by atoms with Crippen LogP contribution < -0.4 is 10.6 Å². The summed E-state index contributed by atoms with van der Waals surface area (Å²) in [6.45, 7) is -0.0707. The van der Waals surface area contributed by atoms with Crippen LogP contribution >= 0.6 is 11.6 Å². The van der Waals surface area contributed by atoms with E-state index in [1.807, 2.05) is 0 Å². The molecule has 1 aliphatic carbocycles. The third-order valence-corrected chi connectivity index (χ3v) is 5.11. The van der Waals surface area contributed by atoms with Crippen molar-refractivity contribution in [2.24, 2.45) is 4.99 Å². The molecule has 0 bridgehead atoms. The number of carbonyl (C=O) groups is 1. The average Bonchev–Trinajstić information content (AvgIpc) is 2.70. The summed E-state index contributed by atoms with van der Waals surface area (Å²) in [6.07, 6.45) is 2.18. The van der Waals surface area contributed by atoms with Crippen LogP contribution in [-0.4, -0.2) is 29.1 Å². The Bertz CT molecular complexity index is 947. The molecule has 30 heavy (non-hydrogen) atoms. The summed E-state index contributed by atoms with van der Waals surface area (Å²) in [5, 5.41) is 15.6. The van der Waals surface area contributed by atoms with Crippen LogP contribution in [0.3, 0.4) is 0 Å². The number of aliphatic hydroxyl groups excluding tert-OH is 1. The third kappa shape index (κ3) is 5.96. The summed E-state index contributed by atoms with van der Waals surface area (Å²) >= 11 is 5.76. The van der Waals surface area contributed by atoms with Gasteiger partial charge in [-0.1, -0.05) is 17.7 Å². The van der Waals surface area contributed by atoms with Crippen molar-refractivity contribution in [3.8, 4) is 0 Å². The topological polar surface area (TPSA) is 73.7 Å². The van der Waals surface area contributed by atoms with Crippen molar-refractivity contribution in [3.63, 3.8) is 0 Å². The summed E-state index contributed by atoms with van der Waals surface area (Å²) in [6, 6.07) is 6.95. The lowest BCUT2D eigenvalue weighted by molar-refractivity contribution is 0.0972. The van der Waals surface area contributed by atoms with Crippen molar-refractivity contribution >= 4 is 23.5 Å². The molecule has 2 aromatic carbocycles. The molecule has 5 nitrogen and oxygen atoms in total. The monoisotopic (exact) mass is 439 g/mol. The SMILES string of the molecule is O=C(NC(=NCc1ccc(Cl)cc1F)NC1CCC(O)CC1)c1ccc(F)c(F)c1. The second kappa shape index (κ2) is 9.95. The summed E-state index contributed by atoms with van der Waals surface area (Å²) in [4.78, 5) is 16.7. The number of aliphatic imine (C=N–C) groups is 1. The standard InChI is InChI=1S/C21H21ClF3N3O2/c22-14-3-1-13(18(24)10-14)11-26-21(27-15-4-6-16(29)7-5-15)28-20(30)12-2-8-17(23)19(25)9-12/h1-3,8-10,15-16,29H,4-7,11H2,(H2,26,27,28,30). The molecule has 0 unspecified atom stereocenters. The van der Waals surface area contributed by atoms with Crippen LogP contribution in [0, 0.1) is 17.5 Å². The van der Waals surface area contributed by atoms with E-state index in [-0.39, 0.29) is 40.8 Å². The lowest BCUT2D eigenvalue weighted by Gasteiger charge is -2.27. The molecule has 1 aliphatic rings. The van der Waals surface area contributed by atoms with Gasteiger partial charge in [0.1, 0.15) is 5.82 Å². The Labute approximate surface area is 177 Å². The number of guanidine groups is 1. The van der Waals surface area contributed by atoms with E-state index in [1.165, 1.54) is 18.2 Å². The van der Waals surface area contributed by atoms with E-state index >= 15 is 0 Å². The first-order valence-corrected chi connectivity index (χ1v) is 9.89. The maximum absolute atomic E-state index is 14.0. The zero-order valence-electron chi connectivity index (χ0n) is 16.0.